The minimum atomic E-state index is -0.160. The minimum absolute atomic E-state index is 0.0693. The van der Waals surface area contributed by atoms with Crippen LogP contribution < -0.4 is 0 Å². The molecule has 4 aliphatic carbocycles. The van der Waals surface area contributed by atoms with E-state index in [2.05, 4.69) is 427 Å². The lowest BCUT2D eigenvalue weighted by molar-refractivity contribution is 0.660. The van der Waals surface area contributed by atoms with Gasteiger partial charge in [0, 0.05) is 109 Å². The maximum absolute atomic E-state index is 6.34. The molecule has 4 aliphatic rings. The average Bonchev–Trinajstić information content (AvgIpc) is 1.54. The molecule has 626 valence electrons. The summed E-state index contributed by atoms with van der Waals surface area (Å²) in [7, 11) is 0. The molecule has 0 unspecified atom stereocenters. The average molecular weight is 1690 g/mol. The highest BCUT2D eigenvalue weighted by Gasteiger charge is 2.43. The molecule has 132 heavy (non-hydrogen) atoms. The van der Waals surface area contributed by atoms with Crippen LogP contribution in [-0.2, 0) is 21.7 Å². The van der Waals surface area contributed by atoms with E-state index in [4.69, 9.17) is 13.3 Å². The van der Waals surface area contributed by atoms with Crippen LogP contribution in [0.15, 0.2) is 408 Å². The molecule has 0 fully saturated rings. The topological polar surface area (TPSA) is 54.2 Å². The van der Waals surface area contributed by atoms with Gasteiger partial charge >= 0.3 is 0 Å². The summed E-state index contributed by atoms with van der Waals surface area (Å²) in [5, 5.41) is 15.0. The first-order valence-electron chi connectivity index (χ1n) is 46.3. The SMILES string of the molecule is CC1(C)c2cc(-c3ccc4oc5ccccc5c4c3)ccc2-c2ccc(-n3c4ccccc4c4c5c(ccc43)-c3ccccc3C5(C)C)cc21.CC1(C)c2ccccc2-c2ccc3c(c21)c1ccccc1n3-c1ccc(-c2ccc3oc4ccccc4c3c2)cc1.CC1(C)c2ccccc2-c2ccc3c(c21)c1ccccc1n3-c1ccc(-c2cccc3c2oc2ccccc23)cc1. The molecule has 29 rings (SSSR count). The van der Waals surface area contributed by atoms with Gasteiger partial charge in [-0.05, 0) is 238 Å². The van der Waals surface area contributed by atoms with Crippen molar-refractivity contribution in [1.29, 1.82) is 0 Å². The molecule has 0 spiro atoms. The smallest absolute Gasteiger partial charge is 0.143 e. The molecule has 0 bridgehead atoms. The van der Waals surface area contributed by atoms with Crippen molar-refractivity contribution in [2.24, 2.45) is 0 Å². The normalized spacial score (nSPS) is 14.3. The third-order valence-corrected chi connectivity index (χ3v) is 30.4. The van der Waals surface area contributed by atoms with Gasteiger partial charge in [-0.25, -0.2) is 0 Å². The molecule has 25 aromatic rings. The highest BCUT2D eigenvalue weighted by Crippen LogP contribution is 2.59. The summed E-state index contributed by atoms with van der Waals surface area (Å²) in [5.74, 6) is 0. The summed E-state index contributed by atoms with van der Waals surface area (Å²) in [4.78, 5) is 0. The second-order valence-corrected chi connectivity index (χ2v) is 38.8. The van der Waals surface area contributed by atoms with Gasteiger partial charge in [0.2, 0.25) is 0 Å². The van der Waals surface area contributed by atoms with Crippen molar-refractivity contribution in [3.05, 3.63) is 439 Å². The van der Waals surface area contributed by atoms with Crippen molar-refractivity contribution in [3.8, 4) is 95.0 Å². The van der Waals surface area contributed by atoms with Crippen LogP contribution in [0.4, 0.5) is 0 Å². The van der Waals surface area contributed by atoms with Crippen LogP contribution in [0.2, 0.25) is 0 Å². The van der Waals surface area contributed by atoms with Crippen LogP contribution in [0, 0.1) is 0 Å². The fraction of sp³-hybridized carbons (Fsp3) is 0.0952. The maximum Gasteiger partial charge on any atom is 0.143 e. The van der Waals surface area contributed by atoms with Gasteiger partial charge in [0.1, 0.15) is 33.5 Å². The number of hydrogen-bond acceptors (Lipinski definition) is 3. The minimum Gasteiger partial charge on any atom is -0.456 e. The van der Waals surface area contributed by atoms with Crippen LogP contribution in [0.5, 0.6) is 0 Å². The Morgan fingerprint density at radius 2 is 0.477 bits per heavy atom. The van der Waals surface area contributed by atoms with E-state index in [0.717, 1.165) is 82.6 Å². The van der Waals surface area contributed by atoms with Crippen LogP contribution in [0.3, 0.4) is 0 Å². The number of para-hydroxylation sites is 7. The fourth-order valence-corrected chi connectivity index (χ4v) is 24.3. The summed E-state index contributed by atoms with van der Waals surface area (Å²) < 4.78 is 25.9. The molecule has 6 aromatic heterocycles. The first-order valence-corrected chi connectivity index (χ1v) is 46.3. The molecule has 0 N–H and O–H groups in total. The Morgan fingerprint density at radius 1 is 0.174 bits per heavy atom. The van der Waals surface area contributed by atoms with Gasteiger partial charge in [-0.3, -0.25) is 0 Å². The quantitative estimate of drug-likeness (QED) is 0.167. The number of nitrogens with zero attached hydrogens (tertiary/aromatic N) is 3. The molecule has 0 radical (unpaired) electrons. The van der Waals surface area contributed by atoms with Gasteiger partial charge in [-0.2, -0.15) is 0 Å². The lowest BCUT2D eigenvalue weighted by Crippen LogP contribution is -2.15. The van der Waals surface area contributed by atoms with Crippen LogP contribution >= 0.6 is 0 Å². The predicted octanol–water partition coefficient (Wildman–Crippen LogP) is 34.3. The van der Waals surface area contributed by atoms with E-state index < -0.39 is 0 Å². The van der Waals surface area contributed by atoms with Crippen molar-refractivity contribution in [2.75, 3.05) is 0 Å². The molecule has 0 amide bonds. The van der Waals surface area contributed by atoms with Crippen molar-refractivity contribution in [2.45, 2.75) is 77.0 Å². The van der Waals surface area contributed by atoms with Crippen LogP contribution in [0.1, 0.15) is 99.9 Å². The number of hydrogen-bond donors (Lipinski definition) is 0. The third kappa shape index (κ3) is 10.7. The second-order valence-electron chi connectivity index (χ2n) is 38.8. The molecule has 0 aliphatic heterocycles. The van der Waals surface area contributed by atoms with E-state index in [0.29, 0.717) is 0 Å². The lowest BCUT2D eigenvalue weighted by Gasteiger charge is -2.23. The predicted molar refractivity (Wildman–Crippen MR) is 551 cm³/mol. The fourth-order valence-electron chi connectivity index (χ4n) is 24.3. The van der Waals surface area contributed by atoms with E-state index in [1.165, 1.54) is 188 Å². The van der Waals surface area contributed by atoms with E-state index >= 15 is 0 Å². The number of fused-ring (bicyclic) bond motifs is 33. The molecule has 0 atom stereocenters. The number of benzene rings is 19. The van der Waals surface area contributed by atoms with Crippen molar-refractivity contribution >= 4 is 131 Å². The Labute approximate surface area is 763 Å². The zero-order valence-corrected chi connectivity index (χ0v) is 74.6. The monoisotopic (exact) mass is 1690 g/mol. The molecule has 6 heterocycles. The van der Waals surface area contributed by atoms with Crippen LogP contribution in [0.25, 0.3) is 226 Å². The Kier molecular flexibility index (Phi) is 16.0. The van der Waals surface area contributed by atoms with Crippen molar-refractivity contribution < 1.29 is 13.3 Å². The lowest BCUT2D eigenvalue weighted by atomic mass is 9.80. The molecular weight excluding hydrogens is 1600 g/mol. The molecule has 6 nitrogen and oxygen atoms in total. The maximum atomic E-state index is 6.34. The Balaban J connectivity index is 0.000000102. The summed E-state index contributed by atoms with van der Waals surface area (Å²) in [5.41, 5.74) is 45.4. The summed E-state index contributed by atoms with van der Waals surface area (Å²) in [6, 6.07) is 144. The summed E-state index contributed by atoms with van der Waals surface area (Å²) in [6.45, 7) is 19.0. The molecule has 6 heteroatoms. The first kappa shape index (κ1) is 76.1. The molecule has 0 saturated carbocycles. The van der Waals surface area contributed by atoms with Gasteiger partial charge < -0.3 is 27.0 Å². The summed E-state index contributed by atoms with van der Waals surface area (Å²) >= 11 is 0. The van der Waals surface area contributed by atoms with Gasteiger partial charge in [0.15, 0.2) is 0 Å². The van der Waals surface area contributed by atoms with E-state index in [-0.39, 0.29) is 21.7 Å². The zero-order valence-electron chi connectivity index (χ0n) is 74.6. The van der Waals surface area contributed by atoms with E-state index in [9.17, 15) is 0 Å². The first-order chi connectivity index (χ1) is 64.5. The van der Waals surface area contributed by atoms with Crippen LogP contribution in [-0.4, -0.2) is 13.7 Å². The van der Waals surface area contributed by atoms with Gasteiger partial charge in [-0.15, -0.1) is 0 Å². The number of furan rings is 3. The Morgan fingerprint density at radius 3 is 0.939 bits per heavy atom. The van der Waals surface area contributed by atoms with Crippen molar-refractivity contribution in [3.63, 3.8) is 0 Å². The second kappa shape index (κ2) is 27.8. The molecule has 0 saturated heterocycles. The largest absolute Gasteiger partial charge is 0.456 e. The summed E-state index contributed by atoms with van der Waals surface area (Å²) in [6.07, 6.45) is 0. The third-order valence-electron chi connectivity index (χ3n) is 30.4. The van der Waals surface area contributed by atoms with Gasteiger partial charge in [-0.1, -0.05) is 328 Å². The van der Waals surface area contributed by atoms with E-state index in [1.54, 1.807) is 0 Å². The number of aromatic nitrogens is 3. The molecular formula is C126H89N3O3. The zero-order chi connectivity index (χ0) is 88.1. The highest BCUT2D eigenvalue weighted by molar-refractivity contribution is 6.19. The van der Waals surface area contributed by atoms with Gasteiger partial charge in [0.05, 0.1) is 33.1 Å². The van der Waals surface area contributed by atoms with Crippen molar-refractivity contribution in [1.82, 2.24) is 13.7 Å². The Hall–Kier alpha value is -16.0. The highest BCUT2D eigenvalue weighted by atomic mass is 16.3. The standard InChI is InChI=1S/C48H35NO.2C39H27NO/c1-47(2)39-26-29(28-18-24-44-37(25-28)34-12-7-10-16-43(34)50-44)17-20-32(39)33-21-19-30(27-40(33)47)49-41-15-9-6-13-36(41)45-42(49)23-22-35-31-11-5-8-14-38(31)48(3,4)46(35)45;1-39(2)32-15-6-3-10-27(32)29-22-23-34-36(37(29)39)31-12-4-7-16-33(31)40(34)25-20-18-24(19-21-25)26-13-9-14-30-28-11-5-8-17-35(28)41-38(26)30;1-39(2)32-12-6-3-9-27(32)29-20-21-34-37(38(29)39)30-11-4-7-13-33(30)40(34)26-18-15-24(16-19-26)25-17-22-36-31(23-25)28-10-5-8-14-35(28)41-36/h5-27H,1-4H3;2*3-23H,1-2H3. The molecule has 19 aromatic carbocycles. The number of rotatable bonds is 6. The van der Waals surface area contributed by atoms with E-state index in [1.807, 2.05) is 36.4 Å². The van der Waals surface area contributed by atoms with Gasteiger partial charge in [0.25, 0.3) is 0 Å². The Bertz CT molecular complexity index is 9270.